The zero-order chi connectivity index (χ0) is 20.1. The molecule has 3 aromatic rings. The van der Waals surface area contributed by atoms with E-state index in [4.69, 9.17) is 0 Å². The molecule has 1 saturated heterocycles. The van der Waals surface area contributed by atoms with Crippen LogP contribution in [0.5, 0.6) is 0 Å². The molecule has 1 amide bonds. The third-order valence-corrected chi connectivity index (χ3v) is 5.84. The van der Waals surface area contributed by atoms with Gasteiger partial charge in [-0.2, -0.15) is 0 Å². The van der Waals surface area contributed by atoms with E-state index >= 15 is 0 Å². The number of rotatable bonds is 4. The van der Waals surface area contributed by atoms with Crippen molar-refractivity contribution in [2.75, 3.05) is 13.1 Å². The quantitative estimate of drug-likeness (QED) is 0.558. The maximum Gasteiger partial charge on any atom is 0.234 e. The molecule has 0 N–H and O–H groups in total. The van der Waals surface area contributed by atoms with Crippen LogP contribution >= 0.6 is 0 Å². The van der Waals surface area contributed by atoms with E-state index in [-0.39, 0.29) is 23.6 Å². The van der Waals surface area contributed by atoms with Gasteiger partial charge in [-0.15, -0.1) is 0 Å². The smallest absolute Gasteiger partial charge is 0.234 e. The topological polar surface area (TPSA) is 20.3 Å². The van der Waals surface area contributed by atoms with Crippen molar-refractivity contribution >= 4 is 5.91 Å². The third-order valence-electron chi connectivity index (χ3n) is 5.84. The summed E-state index contributed by atoms with van der Waals surface area (Å²) in [5.74, 6) is -0.126. The molecular weight excluding hydrogens is 361 g/mol. The summed E-state index contributed by atoms with van der Waals surface area (Å²) < 4.78 is 13.4. The van der Waals surface area contributed by atoms with Gasteiger partial charge in [-0.25, -0.2) is 4.39 Å². The van der Waals surface area contributed by atoms with Crippen molar-refractivity contribution in [2.24, 2.45) is 0 Å². The number of carbonyl (C=O) groups excluding carboxylic acids is 1. The maximum atomic E-state index is 13.7. The van der Waals surface area contributed by atoms with E-state index in [1.807, 2.05) is 77.7 Å². The Labute approximate surface area is 172 Å². The first-order valence-corrected chi connectivity index (χ1v) is 10.4. The fraction of sp³-hybridized carbons (Fsp3) is 0.269. The van der Waals surface area contributed by atoms with Crippen LogP contribution < -0.4 is 0 Å². The molecular formula is C26H26FNO. The SMILES string of the molecule is O=C(C(c1ccccc1)c1ccccc1)N1CCCCC(c2ccc(F)cc2)C1. The molecule has 0 aliphatic carbocycles. The van der Waals surface area contributed by atoms with Gasteiger partial charge in [-0.05, 0) is 41.7 Å². The number of carbonyl (C=O) groups is 1. The third kappa shape index (κ3) is 4.56. The van der Waals surface area contributed by atoms with E-state index in [0.717, 1.165) is 42.5 Å². The van der Waals surface area contributed by atoms with Crippen molar-refractivity contribution in [1.82, 2.24) is 4.90 Å². The zero-order valence-electron chi connectivity index (χ0n) is 16.5. The minimum absolute atomic E-state index is 0.149. The molecule has 1 unspecified atom stereocenters. The second kappa shape index (κ2) is 9.04. The Hall–Kier alpha value is -2.94. The molecule has 1 aliphatic heterocycles. The molecule has 0 bridgehead atoms. The van der Waals surface area contributed by atoms with Crippen molar-refractivity contribution in [3.05, 3.63) is 107 Å². The lowest BCUT2D eigenvalue weighted by Crippen LogP contribution is -2.38. The molecule has 1 fully saturated rings. The van der Waals surface area contributed by atoms with Crippen molar-refractivity contribution in [3.8, 4) is 0 Å². The highest BCUT2D eigenvalue weighted by Crippen LogP contribution is 2.31. The van der Waals surface area contributed by atoms with Crippen molar-refractivity contribution in [2.45, 2.75) is 31.1 Å². The Kier molecular flexibility index (Phi) is 6.04. The number of halogens is 1. The Morgan fingerprint density at radius 1 is 0.828 bits per heavy atom. The highest BCUT2D eigenvalue weighted by Gasteiger charge is 2.30. The van der Waals surface area contributed by atoms with Crippen molar-refractivity contribution in [3.63, 3.8) is 0 Å². The van der Waals surface area contributed by atoms with Crippen LogP contribution in [0, 0.1) is 5.82 Å². The summed E-state index contributed by atoms with van der Waals surface area (Å²) in [5, 5.41) is 0. The number of hydrogen-bond donors (Lipinski definition) is 0. The predicted molar refractivity (Wildman–Crippen MR) is 114 cm³/mol. The fourth-order valence-electron chi connectivity index (χ4n) is 4.30. The second-order valence-electron chi connectivity index (χ2n) is 7.78. The monoisotopic (exact) mass is 387 g/mol. The predicted octanol–water partition coefficient (Wildman–Crippen LogP) is 5.75. The molecule has 3 aromatic carbocycles. The van der Waals surface area contributed by atoms with Crippen LogP contribution in [0.4, 0.5) is 4.39 Å². The van der Waals surface area contributed by atoms with Crippen LogP contribution in [0.1, 0.15) is 47.8 Å². The summed E-state index contributed by atoms with van der Waals surface area (Å²) in [6.07, 6.45) is 3.10. The number of amides is 1. The van der Waals surface area contributed by atoms with Gasteiger partial charge in [0.2, 0.25) is 5.91 Å². The largest absolute Gasteiger partial charge is 0.341 e. The van der Waals surface area contributed by atoms with Gasteiger partial charge < -0.3 is 4.90 Å². The van der Waals surface area contributed by atoms with E-state index < -0.39 is 0 Å². The first kappa shape index (κ1) is 19.4. The van der Waals surface area contributed by atoms with Gasteiger partial charge in [0, 0.05) is 19.0 Å². The molecule has 0 aromatic heterocycles. The van der Waals surface area contributed by atoms with Crippen molar-refractivity contribution in [1.29, 1.82) is 0 Å². The molecule has 0 spiro atoms. The average molecular weight is 387 g/mol. The summed E-state index contributed by atoms with van der Waals surface area (Å²) in [5.41, 5.74) is 3.15. The van der Waals surface area contributed by atoms with Gasteiger partial charge in [0.25, 0.3) is 0 Å². The lowest BCUT2D eigenvalue weighted by Gasteiger charge is -2.29. The Morgan fingerprint density at radius 2 is 1.41 bits per heavy atom. The second-order valence-corrected chi connectivity index (χ2v) is 7.78. The van der Waals surface area contributed by atoms with E-state index in [2.05, 4.69) is 0 Å². The summed E-state index contributed by atoms with van der Waals surface area (Å²) in [6.45, 7) is 1.45. The standard InChI is InChI=1S/C26H26FNO/c27-24-16-14-20(15-17-24)23-13-7-8-18-28(19-23)26(29)25(21-9-3-1-4-10-21)22-11-5-2-6-12-22/h1-6,9-12,14-17,23,25H,7-8,13,18-19H2. The van der Waals surface area contributed by atoms with Gasteiger partial charge in [0.05, 0.1) is 5.92 Å². The highest BCUT2D eigenvalue weighted by molar-refractivity contribution is 5.87. The summed E-state index contributed by atoms with van der Waals surface area (Å²) in [7, 11) is 0. The van der Waals surface area contributed by atoms with Crippen LogP contribution in [0.15, 0.2) is 84.9 Å². The Morgan fingerprint density at radius 3 is 2.00 bits per heavy atom. The molecule has 1 heterocycles. The average Bonchev–Trinajstić information content (AvgIpc) is 3.02. The first-order chi connectivity index (χ1) is 14.2. The van der Waals surface area contributed by atoms with Crippen molar-refractivity contribution < 1.29 is 9.18 Å². The molecule has 29 heavy (non-hydrogen) atoms. The molecule has 1 atom stereocenters. The molecule has 0 radical (unpaired) electrons. The minimum Gasteiger partial charge on any atom is -0.341 e. The summed E-state index contributed by atoms with van der Waals surface area (Å²) in [4.78, 5) is 15.8. The number of hydrogen-bond acceptors (Lipinski definition) is 1. The lowest BCUT2D eigenvalue weighted by molar-refractivity contribution is -0.132. The number of benzene rings is 3. The lowest BCUT2D eigenvalue weighted by atomic mass is 9.89. The number of likely N-dealkylation sites (tertiary alicyclic amines) is 1. The molecule has 2 nitrogen and oxygen atoms in total. The van der Waals surface area contributed by atoms with E-state index in [1.165, 1.54) is 12.1 Å². The van der Waals surface area contributed by atoms with E-state index in [0.29, 0.717) is 6.54 Å². The van der Waals surface area contributed by atoms with Gasteiger partial charge in [0.15, 0.2) is 0 Å². The van der Waals surface area contributed by atoms with Crippen LogP contribution in [-0.2, 0) is 4.79 Å². The summed E-state index contributed by atoms with van der Waals surface area (Å²) >= 11 is 0. The maximum absolute atomic E-state index is 13.7. The van der Waals surface area contributed by atoms with E-state index in [9.17, 15) is 9.18 Å². The van der Waals surface area contributed by atoms with Gasteiger partial charge in [-0.3, -0.25) is 4.79 Å². The van der Waals surface area contributed by atoms with Crippen LogP contribution in [0.3, 0.4) is 0 Å². The fourth-order valence-corrected chi connectivity index (χ4v) is 4.30. The normalized spacial score (nSPS) is 17.2. The number of nitrogens with zero attached hydrogens (tertiary/aromatic N) is 1. The van der Waals surface area contributed by atoms with Crippen LogP contribution in [0.2, 0.25) is 0 Å². The van der Waals surface area contributed by atoms with Gasteiger partial charge in [-0.1, -0.05) is 79.2 Å². The molecule has 148 valence electrons. The van der Waals surface area contributed by atoms with E-state index in [1.54, 1.807) is 0 Å². The molecule has 0 saturated carbocycles. The molecule has 3 heteroatoms. The highest BCUT2D eigenvalue weighted by atomic mass is 19.1. The van der Waals surface area contributed by atoms with Crippen LogP contribution in [-0.4, -0.2) is 23.9 Å². The van der Waals surface area contributed by atoms with Crippen LogP contribution in [0.25, 0.3) is 0 Å². The first-order valence-electron chi connectivity index (χ1n) is 10.4. The van der Waals surface area contributed by atoms with Gasteiger partial charge >= 0.3 is 0 Å². The molecule has 4 rings (SSSR count). The van der Waals surface area contributed by atoms with Gasteiger partial charge in [0.1, 0.15) is 5.82 Å². The Bertz CT molecular complexity index is 884. The Balaban J connectivity index is 1.63. The minimum atomic E-state index is -0.302. The summed E-state index contributed by atoms with van der Waals surface area (Å²) in [6, 6.07) is 26.8. The molecule has 1 aliphatic rings. The zero-order valence-corrected chi connectivity index (χ0v) is 16.5.